The second-order valence-corrected chi connectivity index (χ2v) is 4.26. The Kier molecular flexibility index (Phi) is 3.48. The highest BCUT2D eigenvalue weighted by Crippen LogP contribution is 2.32. The standard InChI is InChI=1S/C14H10F3NO2/c1-8-6-10(14(15,16)17)3-4-11(8)9-2-5-12(13(19)20)18-7-9/h2-7H,1H3,(H,19,20). The monoisotopic (exact) mass is 281 g/mol. The number of benzene rings is 1. The highest BCUT2D eigenvalue weighted by molar-refractivity contribution is 5.85. The van der Waals surface area contributed by atoms with Gasteiger partial charge in [-0.25, -0.2) is 9.78 Å². The molecule has 1 heterocycles. The second-order valence-electron chi connectivity index (χ2n) is 4.26. The van der Waals surface area contributed by atoms with Crippen LogP contribution in [0, 0.1) is 6.92 Å². The van der Waals surface area contributed by atoms with E-state index in [4.69, 9.17) is 5.11 Å². The molecule has 3 nitrogen and oxygen atoms in total. The van der Waals surface area contributed by atoms with E-state index >= 15 is 0 Å². The number of carboxylic acids is 1. The molecule has 0 spiro atoms. The summed E-state index contributed by atoms with van der Waals surface area (Å²) in [4.78, 5) is 14.4. The van der Waals surface area contributed by atoms with Gasteiger partial charge in [0.1, 0.15) is 5.69 Å². The fourth-order valence-corrected chi connectivity index (χ4v) is 1.84. The number of halogens is 3. The molecule has 0 fully saturated rings. The topological polar surface area (TPSA) is 50.2 Å². The second kappa shape index (κ2) is 4.96. The molecule has 1 N–H and O–H groups in total. The summed E-state index contributed by atoms with van der Waals surface area (Å²) in [6, 6.07) is 6.24. The number of aromatic carboxylic acids is 1. The summed E-state index contributed by atoms with van der Waals surface area (Å²) in [7, 11) is 0. The molecule has 104 valence electrons. The first kappa shape index (κ1) is 14.0. The van der Waals surface area contributed by atoms with Gasteiger partial charge in [0.25, 0.3) is 0 Å². The Morgan fingerprint density at radius 2 is 1.90 bits per heavy atom. The molecule has 1 aromatic carbocycles. The van der Waals surface area contributed by atoms with Crippen LogP contribution in [0.3, 0.4) is 0 Å². The number of nitrogens with zero attached hydrogens (tertiary/aromatic N) is 1. The lowest BCUT2D eigenvalue weighted by molar-refractivity contribution is -0.137. The quantitative estimate of drug-likeness (QED) is 0.911. The van der Waals surface area contributed by atoms with Crippen LogP contribution in [0.15, 0.2) is 36.5 Å². The van der Waals surface area contributed by atoms with E-state index in [1.54, 1.807) is 6.92 Å². The van der Waals surface area contributed by atoms with Gasteiger partial charge >= 0.3 is 12.1 Å². The van der Waals surface area contributed by atoms with E-state index in [0.717, 1.165) is 12.1 Å². The van der Waals surface area contributed by atoms with E-state index in [2.05, 4.69) is 4.98 Å². The Morgan fingerprint density at radius 3 is 2.35 bits per heavy atom. The molecule has 6 heteroatoms. The zero-order chi connectivity index (χ0) is 14.9. The predicted molar refractivity (Wildman–Crippen MR) is 66.4 cm³/mol. The number of alkyl halides is 3. The van der Waals surface area contributed by atoms with Gasteiger partial charge in [-0.2, -0.15) is 13.2 Å². The van der Waals surface area contributed by atoms with Crippen LogP contribution in [-0.2, 0) is 6.18 Å². The zero-order valence-corrected chi connectivity index (χ0v) is 10.4. The third kappa shape index (κ3) is 2.79. The number of aromatic nitrogens is 1. The number of carboxylic acid groups (broad SMARTS) is 1. The molecule has 0 amide bonds. The number of hydrogen-bond donors (Lipinski definition) is 1. The fourth-order valence-electron chi connectivity index (χ4n) is 1.84. The molecule has 0 atom stereocenters. The lowest BCUT2D eigenvalue weighted by Gasteiger charge is -2.11. The highest BCUT2D eigenvalue weighted by Gasteiger charge is 2.30. The van der Waals surface area contributed by atoms with Crippen molar-refractivity contribution in [2.75, 3.05) is 0 Å². The van der Waals surface area contributed by atoms with Gasteiger partial charge in [-0.3, -0.25) is 0 Å². The molecule has 0 aliphatic carbocycles. The van der Waals surface area contributed by atoms with Crippen molar-refractivity contribution in [2.45, 2.75) is 13.1 Å². The molecule has 2 rings (SSSR count). The third-order valence-electron chi connectivity index (χ3n) is 2.85. The number of hydrogen-bond acceptors (Lipinski definition) is 2. The largest absolute Gasteiger partial charge is 0.477 e. The van der Waals surface area contributed by atoms with Crippen molar-refractivity contribution in [3.8, 4) is 11.1 Å². The normalized spacial score (nSPS) is 11.4. The van der Waals surface area contributed by atoms with Crippen LogP contribution in [0.25, 0.3) is 11.1 Å². The molecule has 1 aromatic heterocycles. The van der Waals surface area contributed by atoms with Gasteiger partial charge in [0.05, 0.1) is 5.56 Å². The molecule has 0 unspecified atom stereocenters. The van der Waals surface area contributed by atoms with E-state index in [0.29, 0.717) is 16.7 Å². The van der Waals surface area contributed by atoms with Crippen LogP contribution in [0.2, 0.25) is 0 Å². The lowest BCUT2D eigenvalue weighted by atomic mass is 9.99. The Balaban J connectivity index is 2.41. The van der Waals surface area contributed by atoms with Gasteiger partial charge in [0.2, 0.25) is 0 Å². The van der Waals surface area contributed by atoms with Crippen LogP contribution < -0.4 is 0 Å². The molecule has 2 aromatic rings. The van der Waals surface area contributed by atoms with Crippen molar-refractivity contribution in [3.05, 3.63) is 53.3 Å². The lowest BCUT2D eigenvalue weighted by Crippen LogP contribution is -2.05. The van der Waals surface area contributed by atoms with Crippen molar-refractivity contribution in [3.63, 3.8) is 0 Å². The molecule has 0 radical (unpaired) electrons. The van der Waals surface area contributed by atoms with Crippen molar-refractivity contribution in [1.82, 2.24) is 4.98 Å². The van der Waals surface area contributed by atoms with Crippen LogP contribution in [0.5, 0.6) is 0 Å². The fraction of sp³-hybridized carbons (Fsp3) is 0.143. The summed E-state index contributed by atoms with van der Waals surface area (Å²) in [5.74, 6) is -1.15. The van der Waals surface area contributed by atoms with Crippen molar-refractivity contribution in [2.24, 2.45) is 0 Å². The van der Waals surface area contributed by atoms with Crippen LogP contribution in [-0.4, -0.2) is 16.1 Å². The summed E-state index contributed by atoms with van der Waals surface area (Å²) in [6.07, 6.45) is -3.05. The number of rotatable bonds is 2. The van der Waals surface area contributed by atoms with E-state index in [1.165, 1.54) is 24.4 Å². The maximum atomic E-state index is 12.6. The summed E-state index contributed by atoms with van der Waals surface area (Å²) in [5, 5.41) is 8.74. The maximum Gasteiger partial charge on any atom is 0.416 e. The molecule has 0 bridgehead atoms. The van der Waals surface area contributed by atoms with Gasteiger partial charge < -0.3 is 5.11 Å². The molecule has 0 saturated carbocycles. The van der Waals surface area contributed by atoms with Crippen molar-refractivity contribution < 1.29 is 23.1 Å². The Hall–Kier alpha value is -2.37. The minimum atomic E-state index is -4.38. The van der Waals surface area contributed by atoms with Gasteiger partial charge in [-0.15, -0.1) is 0 Å². The predicted octanol–water partition coefficient (Wildman–Crippen LogP) is 3.77. The van der Waals surface area contributed by atoms with Gasteiger partial charge in [-0.1, -0.05) is 12.1 Å². The van der Waals surface area contributed by atoms with E-state index in [9.17, 15) is 18.0 Å². The Labute approximate surface area is 112 Å². The summed E-state index contributed by atoms with van der Waals surface area (Å²) in [6.45, 7) is 1.57. The van der Waals surface area contributed by atoms with Crippen LogP contribution in [0.1, 0.15) is 21.6 Å². The van der Waals surface area contributed by atoms with Crippen LogP contribution in [0.4, 0.5) is 13.2 Å². The van der Waals surface area contributed by atoms with Crippen LogP contribution >= 0.6 is 0 Å². The van der Waals surface area contributed by atoms with Crippen molar-refractivity contribution in [1.29, 1.82) is 0 Å². The molecule has 20 heavy (non-hydrogen) atoms. The Bertz CT molecular complexity index is 648. The SMILES string of the molecule is Cc1cc(C(F)(F)F)ccc1-c1ccc(C(=O)O)nc1. The van der Waals surface area contributed by atoms with Crippen molar-refractivity contribution >= 4 is 5.97 Å². The number of carbonyl (C=O) groups is 1. The molecule has 0 saturated heterocycles. The average molecular weight is 281 g/mol. The Morgan fingerprint density at radius 1 is 1.20 bits per heavy atom. The van der Waals surface area contributed by atoms with E-state index < -0.39 is 17.7 Å². The highest BCUT2D eigenvalue weighted by atomic mass is 19.4. The van der Waals surface area contributed by atoms with Gasteiger partial charge in [0, 0.05) is 11.8 Å². The average Bonchev–Trinajstić information content (AvgIpc) is 2.37. The minimum absolute atomic E-state index is 0.113. The minimum Gasteiger partial charge on any atom is -0.477 e. The first-order valence-electron chi connectivity index (χ1n) is 5.66. The number of aryl methyl sites for hydroxylation is 1. The van der Waals surface area contributed by atoms with Gasteiger partial charge in [-0.05, 0) is 36.2 Å². The first-order chi connectivity index (χ1) is 9.29. The summed E-state index contributed by atoms with van der Waals surface area (Å²) >= 11 is 0. The third-order valence-corrected chi connectivity index (χ3v) is 2.85. The summed E-state index contributed by atoms with van der Waals surface area (Å²) in [5.41, 5.74) is 0.778. The first-order valence-corrected chi connectivity index (χ1v) is 5.66. The molecule has 0 aliphatic heterocycles. The summed E-state index contributed by atoms with van der Waals surface area (Å²) < 4.78 is 37.7. The molecular weight excluding hydrogens is 271 g/mol. The number of pyridine rings is 1. The molecule has 0 aliphatic rings. The zero-order valence-electron chi connectivity index (χ0n) is 10.4. The van der Waals surface area contributed by atoms with E-state index in [1.807, 2.05) is 0 Å². The van der Waals surface area contributed by atoms with E-state index in [-0.39, 0.29) is 5.69 Å². The van der Waals surface area contributed by atoms with Gasteiger partial charge in [0.15, 0.2) is 0 Å². The maximum absolute atomic E-state index is 12.6. The smallest absolute Gasteiger partial charge is 0.416 e. The molecular formula is C14H10F3NO2.